The normalized spacial score (nSPS) is 12.6. The van der Waals surface area contributed by atoms with E-state index in [1.807, 2.05) is 0 Å². The molecule has 0 aromatic heterocycles. The van der Waals surface area contributed by atoms with Gasteiger partial charge in [0.25, 0.3) is 0 Å². The number of fused-ring (bicyclic) bond motifs is 4. The van der Waals surface area contributed by atoms with E-state index < -0.39 is 0 Å². The monoisotopic (exact) mass is 715 g/mol. The second-order valence-electron chi connectivity index (χ2n) is 15.4. The first-order chi connectivity index (χ1) is 27.5. The molecule has 1 heteroatoms. The zero-order chi connectivity index (χ0) is 37.6. The van der Waals surface area contributed by atoms with E-state index in [4.69, 9.17) is 0 Å². The Hall–Kier alpha value is -6.96. The van der Waals surface area contributed by atoms with Crippen molar-refractivity contribution in [1.82, 2.24) is 0 Å². The van der Waals surface area contributed by atoms with Crippen LogP contribution in [0, 0.1) is 0 Å². The minimum absolute atomic E-state index is 0.116. The largest absolute Gasteiger partial charge is 0.309 e. The second-order valence-corrected chi connectivity index (χ2v) is 15.4. The maximum Gasteiger partial charge on any atom is 0.0543 e. The summed E-state index contributed by atoms with van der Waals surface area (Å²) >= 11 is 0. The summed E-state index contributed by atoms with van der Waals surface area (Å²) in [5, 5.41) is 2.52. The van der Waals surface area contributed by atoms with Crippen molar-refractivity contribution in [2.24, 2.45) is 0 Å². The molecule has 0 saturated heterocycles. The summed E-state index contributed by atoms with van der Waals surface area (Å²) in [6, 6.07) is 77.6. The number of hydrogen-bond acceptors (Lipinski definition) is 1. The molecule has 0 N–H and O–H groups in total. The van der Waals surface area contributed by atoms with Crippen LogP contribution < -0.4 is 4.90 Å². The number of rotatable bonds is 7. The molecule has 0 radical (unpaired) electrons. The quantitative estimate of drug-likeness (QED) is 0.159. The number of para-hydroxylation sites is 1. The summed E-state index contributed by atoms with van der Waals surface area (Å²) in [5.74, 6) is 0. The first kappa shape index (κ1) is 33.6. The molecule has 0 unspecified atom stereocenters. The lowest BCUT2D eigenvalue weighted by Crippen LogP contribution is -2.16. The van der Waals surface area contributed by atoms with Crippen LogP contribution in [0.15, 0.2) is 212 Å². The highest BCUT2D eigenvalue weighted by molar-refractivity contribution is 5.98. The van der Waals surface area contributed by atoms with Crippen LogP contribution >= 0.6 is 0 Å². The molecule has 0 heterocycles. The lowest BCUT2D eigenvalue weighted by Gasteiger charge is -2.31. The highest BCUT2D eigenvalue weighted by atomic mass is 15.1. The van der Waals surface area contributed by atoms with Crippen molar-refractivity contribution >= 4 is 27.8 Å². The average Bonchev–Trinajstić information content (AvgIpc) is 3.50. The van der Waals surface area contributed by atoms with E-state index >= 15 is 0 Å². The molecule has 0 fully saturated rings. The van der Waals surface area contributed by atoms with E-state index in [9.17, 15) is 0 Å². The van der Waals surface area contributed by atoms with Gasteiger partial charge >= 0.3 is 0 Å². The Morgan fingerprint density at radius 3 is 1.59 bits per heavy atom. The summed E-state index contributed by atoms with van der Waals surface area (Å²) < 4.78 is 0. The molecule has 56 heavy (non-hydrogen) atoms. The van der Waals surface area contributed by atoms with Crippen LogP contribution in [0.3, 0.4) is 0 Å². The molecule has 0 spiro atoms. The van der Waals surface area contributed by atoms with Gasteiger partial charge < -0.3 is 4.90 Å². The van der Waals surface area contributed by atoms with E-state index in [0.29, 0.717) is 0 Å². The molecule has 0 saturated carbocycles. The number of hydrogen-bond donors (Lipinski definition) is 0. The molecule has 10 rings (SSSR count). The standard InChI is InChI=1S/C55H41N/c1-55(2)50-22-10-8-21-49(50)54-51(55)23-13-25-53(54)56(52-24-11-9-20-48(52)43-33-30-40(31-34-43)38-14-4-3-5-15-38)47-19-12-18-45(37-47)41-26-28-42(29-27-41)46-35-32-39-16-6-7-17-44(39)36-46/h3-37H,1-2H3. The van der Waals surface area contributed by atoms with Gasteiger partial charge in [0, 0.05) is 22.2 Å². The van der Waals surface area contributed by atoms with E-state index in [2.05, 4.69) is 231 Å². The van der Waals surface area contributed by atoms with Gasteiger partial charge in [-0.3, -0.25) is 0 Å². The molecule has 0 bridgehead atoms. The van der Waals surface area contributed by atoms with Crippen molar-refractivity contribution in [3.8, 4) is 55.6 Å². The summed E-state index contributed by atoms with van der Waals surface area (Å²) in [4.78, 5) is 2.49. The van der Waals surface area contributed by atoms with Crippen LogP contribution in [0.5, 0.6) is 0 Å². The summed E-state index contributed by atoms with van der Waals surface area (Å²) in [6.07, 6.45) is 0. The highest BCUT2D eigenvalue weighted by Gasteiger charge is 2.38. The van der Waals surface area contributed by atoms with Crippen molar-refractivity contribution in [3.05, 3.63) is 223 Å². The Morgan fingerprint density at radius 1 is 0.321 bits per heavy atom. The average molecular weight is 716 g/mol. The summed E-state index contributed by atoms with van der Waals surface area (Å²) in [5.41, 5.74) is 18.2. The molecular formula is C55H41N. The van der Waals surface area contributed by atoms with Gasteiger partial charge in [0.2, 0.25) is 0 Å². The van der Waals surface area contributed by atoms with Crippen LogP contribution in [-0.2, 0) is 5.41 Å². The molecule has 1 aliphatic rings. The fraction of sp³-hybridized carbons (Fsp3) is 0.0545. The molecule has 0 amide bonds. The van der Waals surface area contributed by atoms with Gasteiger partial charge in [-0.25, -0.2) is 0 Å². The van der Waals surface area contributed by atoms with Crippen molar-refractivity contribution in [2.75, 3.05) is 4.90 Å². The molecule has 0 aliphatic heterocycles. The molecular weight excluding hydrogens is 675 g/mol. The minimum Gasteiger partial charge on any atom is -0.309 e. The zero-order valence-corrected chi connectivity index (χ0v) is 31.7. The topological polar surface area (TPSA) is 3.24 Å². The molecule has 9 aromatic carbocycles. The number of benzene rings is 9. The predicted molar refractivity (Wildman–Crippen MR) is 238 cm³/mol. The first-order valence-electron chi connectivity index (χ1n) is 19.5. The van der Waals surface area contributed by atoms with Crippen molar-refractivity contribution in [3.63, 3.8) is 0 Å². The van der Waals surface area contributed by atoms with E-state index in [1.54, 1.807) is 0 Å². The van der Waals surface area contributed by atoms with Gasteiger partial charge in [-0.05, 0) is 96.7 Å². The van der Waals surface area contributed by atoms with E-state index in [-0.39, 0.29) is 5.41 Å². The van der Waals surface area contributed by atoms with Gasteiger partial charge in [0.15, 0.2) is 0 Å². The van der Waals surface area contributed by atoms with Crippen molar-refractivity contribution in [1.29, 1.82) is 0 Å². The summed E-state index contributed by atoms with van der Waals surface area (Å²) in [7, 11) is 0. The van der Waals surface area contributed by atoms with Gasteiger partial charge in [0.1, 0.15) is 0 Å². The smallest absolute Gasteiger partial charge is 0.0543 e. The maximum atomic E-state index is 2.49. The Bertz CT molecular complexity index is 2860. The van der Waals surface area contributed by atoms with Crippen LogP contribution in [0.25, 0.3) is 66.4 Å². The van der Waals surface area contributed by atoms with Crippen LogP contribution in [0.2, 0.25) is 0 Å². The molecule has 0 atom stereocenters. The third-order valence-corrected chi connectivity index (χ3v) is 11.7. The third-order valence-electron chi connectivity index (χ3n) is 11.7. The van der Waals surface area contributed by atoms with Crippen LogP contribution in [0.4, 0.5) is 17.1 Å². The van der Waals surface area contributed by atoms with Crippen molar-refractivity contribution < 1.29 is 0 Å². The van der Waals surface area contributed by atoms with Crippen molar-refractivity contribution in [2.45, 2.75) is 19.3 Å². The lowest BCUT2D eigenvalue weighted by molar-refractivity contribution is 0.660. The Labute approximate surface area is 329 Å². The van der Waals surface area contributed by atoms with Gasteiger partial charge in [0.05, 0.1) is 11.4 Å². The Balaban J connectivity index is 1.11. The lowest BCUT2D eigenvalue weighted by atomic mass is 9.82. The van der Waals surface area contributed by atoms with E-state index in [0.717, 1.165) is 11.4 Å². The molecule has 1 nitrogen and oxygen atoms in total. The maximum absolute atomic E-state index is 2.49. The van der Waals surface area contributed by atoms with Crippen LogP contribution in [0.1, 0.15) is 25.0 Å². The number of nitrogens with zero attached hydrogens (tertiary/aromatic N) is 1. The Morgan fingerprint density at radius 2 is 0.821 bits per heavy atom. The van der Waals surface area contributed by atoms with Gasteiger partial charge in [-0.15, -0.1) is 0 Å². The van der Waals surface area contributed by atoms with Gasteiger partial charge in [-0.2, -0.15) is 0 Å². The second kappa shape index (κ2) is 13.7. The molecule has 9 aromatic rings. The van der Waals surface area contributed by atoms with Crippen LogP contribution in [-0.4, -0.2) is 0 Å². The predicted octanol–water partition coefficient (Wildman–Crippen LogP) is 15.3. The number of anilines is 3. The zero-order valence-electron chi connectivity index (χ0n) is 31.7. The first-order valence-corrected chi connectivity index (χ1v) is 19.5. The molecule has 266 valence electrons. The fourth-order valence-corrected chi connectivity index (χ4v) is 8.76. The third kappa shape index (κ3) is 5.81. The summed E-state index contributed by atoms with van der Waals surface area (Å²) in [6.45, 7) is 4.71. The van der Waals surface area contributed by atoms with E-state index in [1.165, 1.54) is 83.2 Å². The van der Waals surface area contributed by atoms with Gasteiger partial charge in [-0.1, -0.05) is 196 Å². The fourth-order valence-electron chi connectivity index (χ4n) is 8.76. The SMILES string of the molecule is CC1(C)c2ccccc2-c2c(N(c3cccc(-c4ccc(-c5ccc6ccccc6c5)cc4)c3)c3ccccc3-c3ccc(-c4ccccc4)cc3)cccc21. The minimum atomic E-state index is -0.116. The Kier molecular flexibility index (Phi) is 8.23. The highest BCUT2D eigenvalue weighted by Crippen LogP contribution is 2.55. The molecule has 1 aliphatic carbocycles.